The van der Waals surface area contributed by atoms with Gasteiger partial charge in [-0.3, -0.25) is 9.59 Å². The topological polar surface area (TPSA) is 108 Å². The first kappa shape index (κ1) is 21.4. The number of anilines is 1. The summed E-state index contributed by atoms with van der Waals surface area (Å²) in [4.78, 5) is 36.9. The number of halogens is 2. The first-order valence-corrected chi connectivity index (χ1v) is 10.4. The first-order chi connectivity index (χ1) is 13.8. The molecule has 0 spiro atoms. The van der Waals surface area contributed by atoms with Crippen LogP contribution in [0.3, 0.4) is 0 Å². The number of amides is 2. The molecule has 1 aromatic carbocycles. The summed E-state index contributed by atoms with van der Waals surface area (Å²) in [5, 5.41) is 3.71. The molecule has 0 unspecified atom stereocenters. The van der Waals surface area contributed by atoms with Crippen molar-refractivity contribution in [2.24, 2.45) is 5.73 Å². The van der Waals surface area contributed by atoms with Gasteiger partial charge in [-0.05, 0) is 49.4 Å². The number of carbonyl (C=O) groups excluding carboxylic acids is 3. The lowest BCUT2D eigenvalue weighted by Gasteiger charge is -2.11. The Kier molecular flexibility index (Phi) is 7.00. The normalized spacial score (nSPS) is 12.8. The van der Waals surface area contributed by atoms with E-state index >= 15 is 0 Å². The molecule has 29 heavy (non-hydrogen) atoms. The number of fused-ring (bicyclic) bond motifs is 1. The van der Waals surface area contributed by atoms with Crippen LogP contribution in [-0.2, 0) is 27.2 Å². The molecule has 0 atom stereocenters. The van der Waals surface area contributed by atoms with Crippen molar-refractivity contribution in [3.05, 3.63) is 44.2 Å². The van der Waals surface area contributed by atoms with E-state index in [1.807, 2.05) is 0 Å². The van der Waals surface area contributed by atoms with Crippen LogP contribution in [-0.4, -0.2) is 31.0 Å². The molecule has 1 aliphatic carbocycles. The SMILES string of the molecule is NC(=O)c1c(NC(=O)COC(=O)COc2ccc(Cl)cc2Cl)sc2c1CCCC2. The number of ether oxygens (including phenoxy) is 2. The summed E-state index contributed by atoms with van der Waals surface area (Å²) in [5.41, 5.74) is 6.76. The first-order valence-electron chi connectivity index (χ1n) is 8.83. The standard InChI is InChI=1S/C19H18Cl2N2O5S/c20-10-5-6-13(12(21)7-10)27-9-16(25)28-8-15(24)23-19-17(18(22)26)11-3-1-2-4-14(11)29-19/h5-7H,1-4,8-9H2,(H2,22,26)(H,23,24). The van der Waals surface area contributed by atoms with E-state index in [4.69, 9.17) is 38.4 Å². The van der Waals surface area contributed by atoms with Crippen LogP contribution in [0.4, 0.5) is 5.00 Å². The Bertz CT molecular complexity index is 960. The Morgan fingerprint density at radius 1 is 1.14 bits per heavy atom. The lowest BCUT2D eigenvalue weighted by atomic mass is 9.95. The Morgan fingerprint density at radius 3 is 2.62 bits per heavy atom. The summed E-state index contributed by atoms with van der Waals surface area (Å²) in [5.74, 6) is -1.62. The van der Waals surface area contributed by atoms with Gasteiger partial charge in [0, 0.05) is 9.90 Å². The van der Waals surface area contributed by atoms with Crippen LogP contribution in [0.1, 0.15) is 33.6 Å². The molecule has 0 saturated carbocycles. The molecule has 0 aliphatic heterocycles. The summed E-state index contributed by atoms with van der Waals surface area (Å²) in [7, 11) is 0. The maximum Gasteiger partial charge on any atom is 0.344 e. The van der Waals surface area contributed by atoms with E-state index in [1.54, 1.807) is 6.07 Å². The van der Waals surface area contributed by atoms with Crippen molar-refractivity contribution in [2.45, 2.75) is 25.7 Å². The van der Waals surface area contributed by atoms with Crippen molar-refractivity contribution in [1.29, 1.82) is 0 Å². The zero-order valence-corrected chi connectivity index (χ0v) is 17.6. The van der Waals surface area contributed by atoms with Crippen molar-refractivity contribution in [1.82, 2.24) is 0 Å². The molecule has 0 radical (unpaired) electrons. The van der Waals surface area contributed by atoms with Crippen LogP contribution in [0.5, 0.6) is 5.75 Å². The summed E-state index contributed by atoms with van der Waals surface area (Å²) in [6, 6.07) is 4.57. The van der Waals surface area contributed by atoms with E-state index < -0.39 is 31.0 Å². The van der Waals surface area contributed by atoms with E-state index in [9.17, 15) is 14.4 Å². The number of hydrogen-bond acceptors (Lipinski definition) is 6. The number of hydrogen-bond donors (Lipinski definition) is 2. The summed E-state index contributed by atoms with van der Waals surface area (Å²) < 4.78 is 10.2. The van der Waals surface area contributed by atoms with Crippen LogP contribution in [0, 0.1) is 0 Å². The largest absolute Gasteiger partial charge is 0.480 e. The summed E-state index contributed by atoms with van der Waals surface area (Å²) in [6.07, 6.45) is 3.64. The van der Waals surface area contributed by atoms with Gasteiger partial charge in [-0.1, -0.05) is 23.2 Å². The molecule has 1 aliphatic rings. The summed E-state index contributed by atoms with van der Waals surface area (Å²) >= 11 is 13.1. The molecule has 154 valence electrons. The van der Waals surface area contributed by atoms with E-state index in [2.05, 4.69) is 5.32 Å². The van der Waals surface area contributed by atoms with Crippen LogP contribution in [0.15, 0.2) is 18.2 Å². The second-order valence-electron chi connectivity index (χ2n) is 6.35. The Hall–Kier alpha value is -2.29. The van der Waals surface area contributed by atoms with E-state index in [0.29, 0.717) is 15.6 Å². The highest BCUT2D eigenvalue weighted by Crippen LogP contribution is 2.37. The fraction of sp³-hybridized carbons (Fsp3) is 0.316. The number of primary amides is 1. The average Bonchev–Trinajstić information content (AvgIpc) is 3.03. The van der Waals surface area contributed by atoms with Crippen molar-refractivity contribution < 1.29 is 23.9 Å². The van der Waals surface area contributed by atoms with Gasteiger partial charge in [0.25, 0.3) is 11.8 Å². The molecule has 2 aromatic rings. The fourth-order valence-corrected chi connectivity index (χ4v) is 4.77. The van der Waals surface area contributed by atoms with Gasteiger partial charge in [-0.15, -0.1) is 11.3 Å². The molecule has 0 fully saturated rings. The summed E-state index contributed by atoms with van der Waals surface area (Å²) in [6.45, 7) is -0.939. The number of thiophene rings is 1. The third-order valence-corrected chi connectivity index (χ3v) is 6.01. The number of nitrogens with one attached hydrogen (secondary N) is 1. The number of carbonyl (C=O) groups is 3. The minimum Gasteiger partial charge on any atom is -0.480 e. The highest BCUT2D eigenvalue weighted by Gasteiger charge is 2.25. The zero-order valence-electron chi connectivity index (χ0n) is 15.3. The van der Waals surface area contributed by atoms with Crippen molar-refractivity contribution in [3.63, 3.8) is 0 Å². The van der Waals surface area contributed by atoms with Gasteiger partial charge in [-0.25, -0.2) is 4.79 Å². The van der Waals surface area contributed by atoms with Crippen molar-refractivity contribution in [3.8, 4) is 5.75 Å². The van der Waals surface area contributed by atoms with Crippen LogP contribution >= 0.6 is 34.5 Å². The highest BCUT2D eigenvalue weighted by atomic mass is 35.5. The molecule has 3 N–H and O–H groups in total. The molecule has 3 rings (SSSR count). The maximum atomic E-state index is 12.2. The second-order valence-corrected chi connectivity index (χ2v) is 8.30. The van der Waals surface area contributed by atoms with Crippen LogP contribution in [0.2, 0.25) is 10.0 Å². The van der Waals surface area contributed by atoms with E-state index in [-0.39, 0.29) is 10.8 Å². The highest BCUT2D eigenvalue weighted by molar-refractivity contribution is 7.17. The molecule has 7 nitrogen and oxygen atoms in total. The predicted molar refractivity (Wildman–Crippen MR) is 111 cm³/mol. The fourth-order valence-electron chi connectivity index (χ4n) is 2.99. The van der Waals surface area contributed by atoms with Gasteiger partial charge in [-0.2, -0.15) is 0 Å². The van der Waals surface area contributed by atoms with Gasteiger partial charge in [0.2, 0.25) is 0 Å². The third-order valence-electron chi connectivity index (χ3n) is 4.27. The number of rotatable bonds is 7. The quantitative estimate of drug-likeness (QED) is 0.618. The Morgan fingerprint density at radius 2 is 1.90 bits per heavy atom. The average molecular weight is 457 g/mol. The number of benzene rings is 1. The number of esters is 1. The minimum absolute atomic E-state index is 0.253. The number of aryl methyl sites for hydroxylation is 1. The Balaban J connectivity index is 1.53. The molecule has 1 aromatic heterocycles. The van der Waals surface area contributed by atoms with Gasteiger partial charge in [0.1, 0.15) is 10.8 Å². The molecule has 10 heteroatoms. The van der Waals surface area contributed by atoms with Crippen molar-refractivity contribution >= 4 is 57.3 Å². The Labute approximate surface area is 181 Å². The molecule has 2 amide bonds. The van der Waals surface area contributed by atoms with Gasteiger partial charge < -0.3 is 20.5 Å². The van der Waals surface area contributed by atoms with Crippen molar-refractivity contribution in [2.75, 3.05) is 18.5 Å². The number of nitrogens with two attached hydrogens (primary N) is 1. The monoisotopic (exact) mass is 456 g/mol. The van der Waals surface area contributed by atoms with Gasteiger partial charge >= 0.3 is 5.97 Å². The smallest absolute Gasteiger partial charge is 0.344 e. The third kappa shape index (κ3) is 5.41. The van der Waals surface area contributed by atoms with Crippen LogP contribution in [0.25, 0.3) is 0 Å². The van der Waals surface area contributed by atoms with Crippen LogP contribution < -0.4 is 15.8 Å². The molecular weight excluding hydrogens is 439 g/mol. The second kappa shape index (κ2) is 9.47. The predicted octanol–water partition coefficient (Wildman–Crippen LogP) is 3.59. The van der Waals surface area contributed by atoms with Gasteiger partial charge in [0.05, 0.1) is 10.6 Å². The lowest BCUT2D eigenvalue weighted by Crippen LogP contribution is -2.24. The van der Waals surface area contributed by atoms with E-state index in [1.165, 1.54) is 23.5 Å². The molecular formula is C19H18Cl2N2O5S. The van der Waals surface area contributed by atoms with Gasteiger partial charge in [0.15, 0.2) is 13.2 Å². The minimum atomic E-state index is -0.744. The van der Waals surface area contributed by atoms with E-state index in [0.717, 1.165) is 36.1 Å². The molecule has 1 heterocycles. The molecule has 0 saturated heterocycles. The molecule has 0 bridgehead atoms. The lowest BCUT2D eigenvalue weighted by molar-refractivity contribution is -0.149. The zero-order chi connectivity index (χ0) is 21.0. The maximum absolute atomic E-state index is 12.2.